The summed E-state index contributed by atoms with van der Waals surface area (Å²) in [7, 11) is 0. The molecule has 0 fully saturated rings. The van der Waals surface area contributed by atoms with Crippen LogP contribution in [0.2, 0.25) is 10.0 Å². The van der Waals surface area contributed by atoms with Crippen molar-refractivity contribution in [2.24, 2.45) is 0 Å². The zero-order valence-corrected chi connectivity index (χ0v) is 12.9. The third kappa shape index (κ3) is 2.46. The van der Waals surface area contributed by atoms with Crippen molar-refractivity contribution in [2.75, 3.05) is 6.54 Å². The van der Waals surface area contributed by atoms with Gasteiger partial charge in [-0.05, 0) is 41.8 Å². The summed E-state index contributed by atoms with van der Waals surface area (Å²) in [5.41, 5.74) is 4.05. The minimum absolute atomic E-state index is 0.394. The molecule has 3 heteroatoms. The molecular formula is C17H17Cl2N. The predicted molar refractivity (Wildman–Crippen MR) is 85.8 cm³/mol. The lowest BCUT2D eigenvalue weighted by atomic mass is 9.93. The van der Waals surface area contributed by atoms with Crippen LogP contribution >= 0.6 is 23.2 Å². The molecule has 0 radical (unpaired) electrons. The summed E-state index contributed by atoms with van der Waals surface area (Å²) in [6.07, 6.45) is 1.07. The second-order valence-corrected chi connectivity index (χ2v) is 6.02. The summed E-state index contributed by atoms with van der Waals surface area (Å²) in [4.78, 5) is 0. The van der Waals surface area contributed by atoms with Crippen LogP contribution in [0.1, 0.15) is 42.0 Å². The summed E-state index contributed by atoms with van der Waals surface area (Å²) >= 11 is 12.2. The molecule has 2 atom stereocenters. The van der Waals surface area contributed by atoms with E-state index < -0.39 is 0 Å². The smallest absolute Gasteiger partial charge is 0.0595 e. The van der Waals surface area contributed by atoms with Gasteiger partial charge < -0.3 is 5.32 Å². The van der Waals surface area contributed by atoms with Crippen LogP contribution in [0.4, 0.5) is 0 Å². The van der Waals surface area contributed by atoms with Gasteiger partial charge in [-0.25, -0.2) is 0 Å². The van der Waals surface area contributed by atoms with Crippen molar-refractivity contribution >= 4 is 23.2 Å². The predicted octanol–water partition coefficient (Wildman–Crippen LogP) is 5.18. The summed E-state index contributed by atoms with van der Waals surface area (Å²) < 4.78 is 0. The largest absolute Gasteiger partial charge is 0.310 e. The van der Waals surface area contributed by atoms with E-state index in [0.717, 1.165) is 13.0 Å². The molecule has 0 saturated carbocycles. The molecule has 0 bridgehead atoms. The van der Waals surface area contributed by atoms with Crippen LogP contribution < -0.4 is 5.32 Å². The van der Waals surface area contributed by atoms with E-state index >= 15 is 0 Å². The van der Waals surface area contributed by atoms with E-state index in [0.29, 0.717) is 22.0 Å². The molecule has 1 N–H and O–H groups in total. The second-order valence-electron chi connectivity index (χ2n) is 5.20. The molecule has 2 aromatic rings. The fraction of sp³-hybridized carbons (Fsp3) is 0.294. The first-order chi connectivity index (χ1) is 9.70. The number of rotatable bonds is 3. The Morgan fingerprint density at radius 2 is 1.80 bits per heavy atom. The number of nitrogens with one attached hydrogen (secondary N) is 1. The standard InChI is InChI=1S/C17H17Cl2N/c1-2-20-17-10-14(12-5-3-4-6-13(12)17)11-7-8-15(18)16(19)9-11/h3-9,14,17,20H,2,10H2,1H3/t14-,17+/m1/s1. The van der Waals surface area contributed by atoms with Gasteiger partial charge in [-0.2, -0.15) is 0 Å². The molecule has 0 heterocycles. The lowest BCUT2D eigenvalue weighted by Gasteiger charge is -2.14. The summed E-state index contributed by atoms with van der Waals surface area (Å²) in [6.45, 7) is 3.13. The lowest BCUT2D eigenvalue weighted by Crippen LogP contribution is -2.18. The first-order valence-corrected chi connectivity index (χ1v) is 7.73. The Kier molecular flexibility index (Phi) is 4.02. The number of benzene rings is 2. The zero-order valence-electron chi connectivity index (χ0n) is 11.4. The van der Waals surface area contributed by atoms with Gasteiger partial charge in [-0.1, -0.05) is 60.5 Å². The molecule has 1 aliphatic carbocycles. The molecule has 3 rings (SSSR count). The van der Waals surface area contributed by atoms with Crippen molar-refractivity contribution in [1.29, 1.82) is 0 Å². The number of fused-ring (bicyclic) bond motifs is 1. The first-order valence-electron chi connectivity index (χ1n) is 6.98. The van der Waals surface area contributed by atoms with Crippen molar-refractivity contribution in [3.05, 3.63) is 69.2 Å². The molecular weight excluding hydrogens is 289 g/mol. The van der Waals surface area contributed by atoms with Crippen molar-refractivity contribution in [1.82, 2.24) is 5.32 Å². The molecule has 104 valence electrons. The van der Waals surface area contributed by atoms with Gasteiger partial charge in [-0.15, -0.1) is 0 Å². The molecule has 0 unspecified atom stereocenters. The number of hydrogen-bond acceptors (Lipinski definition) is 1. The Bertz CT molecular complexity index is 624. The minimum atomic E-state index is 0.394. The molecule has 20 heavy (non-hydrogen) atoms. The van der Waals surface area contributed by atoms with Gasteiger partial charge in [0.1, 0.15) is 0 Å². The van der Waals surface area contributed by atoms with Gasteiger partial charge in [-0.3, -0.25) is 0 Å². The Hall–Kier alpha value is -1.02. The SMILES string of the molecule is CCN[C@H]1C[C@H](c2ccc(Cl)c(Cl)c2)c2ccccc21. The minimum Gasteiger partial charge on any atom is -0.310 e. The molecule has 0 amide bonds. The van der Waals surface area contributed by atoms with Crippen LogP contribution in [0.15, 0.2) is 42.5 Å². The van der Waals surface area contributed by atoms with Crippen LogP contribution in [0.25, 0.3) is 0 Å². The van der Waals surface area contributed by atoms with E-state index in [1.165, 1.54) is 16.7 Å². The van der Waals surface area contributed by atoms with Crippen LogP contribution in [0, 0.1) is 0 Å². The van der Waals surface area contributed by atoms with Crippen LogP contribution in [0.3, 0.4) is 0 Å². The van der Waals surface area contributed by atoms with Crippen LogP contribution in [-0.4, -0.2) is 6.54 Å². The van der Waals surface area contributed by atoms with Gasteiger partial charge in [0.2, 0.25) is 0 Å². The molecule has 1 aliphatic rings. The molecule has 0 saturated heterocycles. The Morgan fingerprint density at radius 1 is 1.05 bits per heavy atom. The van der Waals surface area contributed by atoms with Gasteiger partial charge in [0, 0.05) is 12.0 Å². The Balaban J connectivity index is 2.01. The maximum Gasteiger partial charge on any atom is 0.0595 e. The zero-order chi connectivity index (χ0) is 14.1. The monoisotopic (exact) mass is 305 g/mol. The topological polar surface area (TPSA) is 12.0 Å². The Labute approximate surface area is 129 Å². The summed E-state index contributed by atoms with van der Waals surface area (Å²) in [6, 6.07) is 15.1. The lowest BCUT2D eigenvalue weighted by molar-refractivity contribution is 0.530. The highest BCUT2D eigenvalue weighted by molar-refractivity contribution is 6.42. The third-order valence-electron chi connectivity index (χ3n) is 4.01. The van der Waals surface area contributed by atoms with E-state index in [1.807, 2.05) is 12.1 Å². The first kappa shape index (κ1) is 13.9. The quantitative estimate of drug-likeness (QED) is 0.824. The van der Waals surface area contributed by atoms with E-state index in [4.69, 9.17) is 23.2 Å². The van der Waals surface area contributed by atoms with Gasteiger partial charge in [0.15, 0.2) is 0 Å². The van der Waals surface area contributed by atoms with Crippen molar-refractivity contribution in [2.45, 2.75) is 25.3 Å². The maximum absolute atomic E-state index is 6.17. The molecule has 0 spiro atoms. The fourth-order valence-electron chi connectivity index (χ4n) is 3.12. The van der Waals surface area contributed by atoms with E-state index in [1.54, 1.807) is 0 Å². The van der Waals surface area contributed by atoms with E-state index in [2.05, 4.69) is 42.6 Å². The second kappa shape index (κ2) is 5.77. The van der Waals surface area contributed by atoms with Crippen molar-refractivity contribution in [3.63, 3.8) is 0 Å². The summed E-state index contributed by atoms with van der Waals surface area (Å²) in [5, 5.41) is 4.82. The van der Waals surface area contributed by atoms with E-state index in [9.17, 15) is 0 Å². The maximum atomic E-state index is 6.17. The molecule has 1 nitrogen and oxygen atoms in total. The normalized spacial score (nSPS) is 20.9. The van der Waals surface area contributed by atoms with Crippen molar-refractivity contribution in [3.8, 4) is 0 Å². The van der Waals surface area contributed by atoms with Crippen LogP contribution in [-0.2, 0) is 0 Å². The fourth-order valence-corrected chi connectivity index (χ4v) is 3.43. The molecule has 0 aliphatic heterocycles. The highest BCUT2D eigenvalue weighted by atomic mass is 35.5. The van der Waals surface area contributed by atoms with Gasteiger partial charge >= 0.3 is 0 Å². The van der Waals surface area contributed by atoms with Crippen LogP contribution in [0.5, 0.6) is 0 Å². The van der Waals surface area contributed by atoms with Crippen molar-refractivity contribution < 1.29 is 0 Å². The highest BCUT2D eigenvalue weighted by Crippen LogP contribution is 2.44. The molecule has 0 aromatic heterocycles. The number of hydrogen-bond donors (Lipinski definition) is 1. The Morgan fingerprint density at radius 3 is 2.50 bits per heavy atom. The molecule has 2 aromatic carbocycles. The highest BCUT2D eigenvalue weighted by Gasteiger charge is 2.31. The average molecular weight is 306 g/mol. The summed E-state index contributed by atoms with van der Waals surface area (Å²) in [5.74, 6) is 0.394. The van der Waals surface area contributed by atoms with E-state index in [-0.39, 0.29) is 0 Å². The third-order valence-corrected chi connectivity index (χ3v) is 4.75. The van der Waals surface area contributed by atoms with Gasteiger partial charge in [0.25, 0.3) is 0 Å². The van der Waals surface area contributed by atoms with Gasteiger partial charge in [0.05, 0.1) is 10.0 Å². The number of halogens is 2. The average Bonchev–Trinajstić information content (AvgIpc) is 2.82.